The van der Waals surface area contributed by atoms with E-state index in [-0.39, 0.29) is 17.5 Å². The Morgan fingerprint density at radius 1 is 1.12 bits per heavy atom. The molecular weight excluding hydrogens is 400 g/mol. The van der Waals surface area contributed by atoms with Crippen LogP contribution in [0.3, 0.4) is 0 Å². The summed E-state index contributed by atoms with van der Waals surface area (Å²) in [5.74, 6) is 1.42. The molecule has 3 aliphatic heterocycles. The van der Waals surface area contributed by atoms with Crippen molar-refractivity contribution in [1.82, 2.24) is 19.4 Å². The summed E-state index contributed by atoms with van der Waals surface area (Å²) in [4.78, 5) is 35.5. The first-order valence-corrected chi connectivity index (χ1v) is 12.4. The van der Waals surface area contributed by atoms with E-state index in [9.17, 15) is 9.59 Å². The highest BCUT2D eigenvalue weighted by atomic mass is 16.2. The van der Waals surface area contributed by atoms with Gasteiger partial charge >= 0.3 is 0 Å². The summed E-state index contributed by atoms with van der Waals surface area (Å²) in [5, 5.41) is 0.613. The highest BCUT2D eigenvalue weighted by Gasteiger charge is 2.46. The van der Waals surface area contributed by atoms with Crippen LogP contribution in [0.2, 0.25) is 0 Å². The maximum absolute atomic E-state index is 13.4. The van der Waals surface area contributed by atoms with Gasteiger partial charge in [0.1, 0.15) is 0 Å². The number of carbonyl (C=O) groups is 1. The standard InChI is InChI=1S/C26H32N4O2/c31-24(10-13-29-17-27-22-8-2-1-7-21(22)26(29)32)30-12-5-6-18-14-19-15-20(25(18)30)16-28-11-4-3-9-23(19)28/h1-2,7-8,14,17,19-20,23,25H,3-6,9-13,15-16H2/t19-,20+,23+,25+/m0/s1. The van der Waals surface area contributed by atoms with Crippen LogP contribution in [-0.2, 0) is 11.3 Å². The van der Waals surface area contributed by atoms with E-state index in [0.29, 0.717) is 35.7 Å². The molecule has 32 heavy (non-hydrogen) atoms. The molecule has 1 aromatic heterocycles. The fourth-order valence-electron chi connectivity index (χ4n) is 6.88. The average molecular weight is 433 g/mol. The molecule has 0 spiro atoms. The minimum absolute atomic E-state index is 0.0634. The Labute approximate surface area is 188 Å². The van der Waals surface area contributed by atoms with Crippen molar-refractivity contribution in [3.8, 4) is 0 Å². The molecule has 3 fully saturated rings. The lowest BCUT2D eigenvalue weighted by atomic mass is 9.68. The van der Waals surface area contributed by atoms with Gasteiger partial charge in [-0.2, -0.15) is 0 Å². The summed E-state index contributed by atoms with van der Waals surface area (Å²) in [7, 11) is 0. The fourth-order valence-corrected chi connectivity index (χ4v) is 6.88. The number of aryl methyl sites for hydroxylation is 1. The van der Waals surface area contributed by atoms with Crippen LogP contribution in [0.4, 0.5) is 0 Å². The summed E-state index contributed by atoms with van der Waals surface area (Å²) in [6.45, 7) is 3.59. The first-order chi connectivity index (χ1) is 15.7. The third kappa shape index (κ3) is 3.40. The summed E-state index contributed by atoms with van der Waals surface area (Å²) < 4.78 is 1.59. The molecule has 1 amide bonds. The summed E-state index contributed by atoms with van der Waals surface area (Å²) in [6.07, 6.45) is 11.9. The third-order valence-corrected chi connectivity index (χ3v) is 8.28. The Hall–Kier alpha value is -2.47. The van der Waals surface area contributed by atoms with Crippen LogP contribution < -0.4 is 5.56 Å². The Balaban J connectivity index is 1.20. The van der Waals surface area contributed by atoms with Gasteiger partial charge in [-0.1, -0.05) is 30.2 Å². The van der Waals surface area contributed by atoms with Gasteiger partial charge < -0.3 is 4.90 Å². The van der Waals surface area contributed by atoms with Gasteiger partial charge in [-0.25, -0.2) is 4.98 Å². The molecule has 4 heterocycles. The van der Waals surface area contributed by atoms with Crippen LogP contribution in [0.15, 0.2) is 47.0 Å². The van der Waals surface area contributed by atoms with E-state index < -0.39 is 0 Å². The van der Waals surface area contributed by atoms with E-state index in [1.807, 2.05) is 18.2 Å². The molecule has 1 aromatic carbocycles. The Kier molecular flexibility index (Phi) is 5.13. The zero-order valence-corrected chi connectivity index (χ0v) is 18.7. The third-order valence-electron chi connectivity index (χ3n) is 8.28. The molecule has 0 saturated carbocycles. The van der Waals surface area contributed by atoms with Gasteiger partial charge in [-0.05, 0) is 62.6 Å². The second-order valence-electron chi connectivity index (χ2n) is 10.1. The number of likely N-dealkylation sites (tertiary alicyclic amines) is 1. The minimum Gasteiger partial charge on any atom is -0.336 e. The van der Waals surface area contributed by atoms with Crippen molar-refractivity contribution in [3.05, 3.63) is 52.6 Å². The van der Waals surface area contributed by atoms with Gasteiger partial charge in [0.25, 0.3) is 5.56 Å². The second-order valence-corrected chi connectivity index (χ2v) is 10.1. The van der Waals surface area contributed by atoms with Gasteiger partial charge in [-0.15, -0.1) is 0 Å². The first kappa shape index (κ1) is 20.2. The van der Waals surface area contributed by atoms with Crippen molar-refractivity contribution in [2.75, 3.05) is 19.6 Å². The van der Waals surface area contributed by atoms with Crippen LogP contribution in [0, 0.1) is 11.8 Å². The van der Waals surface area contributed by atoms with Crippen LogP contribution in [0.25, 0.3) is 10.9 Å². The molecule has 2 bridgehead atoms. The number of aromatic nitrogens is 2. The van der Waals surface area contributed by atoms with E-state index in [4.69, 9.17) is 0 Å². The molecular formula is C26H32N4O2. The summed E-state index contributed by atoms with van der Waals surface area (Å²) in [5.41, 5.74) is 2.16. The van der Waals surface area contributed by atoms with Gasteiger partial charge in [0.15, 0.2) is 0 Å². The van der Waals surface area contributed by atoms with Crippen molar-refractivity contribution in [2.24, 2.45) is 11.8 Å². The Bertz CT molecular complexity index is 1120. The molecule has 3 saturated heterocycles. The number of rotatable bonds is 3. The number of hydrogen-bond donors (Lipinski definition) is 0. The van der Waals surface area contributed by atoms with Crippen molar-refractivity contribution in [1.29, 1.82) is 0 Å². The van der Waals surface area contributed by atoms with Gasteiger partial charge in [0, 0.05) is 32.1 Å². The molecule has 4 aliphatic rings. The topological polar surface area (TPSA) is 58.4 Å². The van der Waals surface area contributed by atoms with Crippen molar-refractivity contribution in [3.63, 3.8) is 0 Å². The maximum Gasteiger partial charge on any atom is 0.261 e. The van der Waals surface area contributed by atoms with Crippen molar-refractivity contribution >= 4 is 16.8 Å². The number of carbonyl (C=O) groups excluding carboxylic acids is 1. The molecule has 2 aromatic rings. The summed E-state index contributed by atoms with van der Waals surface area (Å²) >= 11 is 0. The zero-order valence-electron chi connectivity index (χ0n) is 18.7. The number of fused-ring (bicyclic) bond motifs is 7. The first-order valence-electron chi connectivity index (χ1n) is 12.4. The number of amides is 1. The molecule has 6 nitrogen and oxygen atoms in total. The zero-order chi connectivity index (χ0) is 21.7. The maximum atomic E-state index is 13.4. The Morgan fingerprint density at radius 2 is 2.03 bits per heavy atom. The molecule has 6 heteroatoms. The van der Waals surface area contributed by atoms with Crippen LogP contribution in [0.5, 0.6) is 0 Å². The number of nitrogens with zero attached hydrogens (tertiary/aromatic N) is 4. The summed E-state index contributed by atoms with van der Waals surface area (Å²) in [6, 6.07) is 8.39. The molecule has 6 rings (SSSR count). The van der Waals surface area contributed by atoms with E-state index in [1.54, 1.807) is 17.0 Å². The van der Waals surface area contributed by atoms with E-state index >= 15 is 0 Å². The number of hydrogen-bond acceptors (Lipinski definition) is 4. The van der Waals surface area contributed by atoms with Crippen molar-refractivity contribution in [2.45, 2.75) is 63.6 Å². The molecule has 0 unspecified atom stereocenters. The lowest BCUT2D eigenvalue weighted by Crippen LogP contribution is -2.60. The predicted molar refractivity (Wildman–Crippen MR) is 124 cm³/mol. The number of benzene rings is 1. The van der Waals surface area contributed by atoms with Crippen LogP contribution >= 0.6 is 0 Å². The largest absolute Gasteiger partial charge is 0.336 e. The lowest BCUT2D eigenvalue weighted by Gasteiger charge is -2.54. The molecule has 168 valence electrons. The predicted octanol–water partition coefficient (Wildman–Crippen LogP) is 3.21. The minimum atomic E-state index is -0.0634. The monoisotopic (exact) mass is 432 g/mol. The highest BCUT2D eigenvalue weighted by molar-refractivity contribution is 5.78. The lowest BCUT2D eigenvalue weighted by molar-refractivity contribution is -0.136. The second kappa shape index (κ2) is 8.14. The van der Waals surface area contributed by atoms with Gasteiger partial charge in [-0.3, -0.25) is 19.1 Å². The SMILES string of the molecule is O=C(CCn1cnc2ccccc2c1=O)N1CCCC2=C[C@H]3C[C@H](CN4CCCC[C@H]34)[C@@H]21. The van der Waals surface area contributed by atoms with E-state index in [1.165, 1.54) is 37.8 Å². The van der Waals surface area contributed by atoms with E-state index in [0.717, 1.165) is 32.0 Å². The van der Waals surface area contributed by atoms with Crippen LogP contribution in [-0.4, -0.2) is 57.0 Å². The number of para-hydroxylation sites is 1. The van der Waals surface area contributed by atoms with Crippen LogP contribution in [0.1, 0.15) is 44.9 Å². The van der Waals surface area contributed by atoms with Crippen molar-refractivity contribution < 1.29 is 4.79 Å². The molecule has 1 aliphatic carbocycles. The highest BCUT2D eigenvalue weighted by Crippen LogP contribution is 2.45. The molecule has 4 atom stereocenters. The normalized spacial score (nSPS) is 29.9. The van der Waals surface area contributed by atoms with Gasteiger partial charge in [0.2, 0.25) is 5.91 Å². The fraction of sp³-hybridized carbons (Fsp3) is 0.577. The quantitative estimate of drug-likeness (QED) is 0.699. The molecule has 0 radical (unpaired) electrons. The Morgan fingerprint density at radius 3 is 2.97 bits per heavy atom. The molecule has 0 N–H and O–H groups in total. The number of piperidine rings is 3. The van der Waals surface area contributed by atoms with Gasteiger partial charge in [0.05, 0.1) is 23.3 Å². The average Bonchev–Trinajstić information content (AvgIpc) is 2.83. The van der Waals surface area contributed by atoms with E-state index in [2.05, 4.69) is 20.9 Å². The smallest absolute Gasteiger partial charge is 0.261 e.